The summed E-state index contributed by atoms with van der Waals surface area (Å²) >= 11 is 0. The lowest BCUT2D eigenvalue weighted by Gasteiger charge is -2.24. The molecule has 142 valence electrons. The van der Waals surface area contributed by atoms with Gasteiger partial charge in [-0.15, -0.1) is 0 Å². The number of carbonyl (C=O) groups excluding carboxylic acids is 2. The van der Waals surface area contributed by atoms with Gasteiger partial charge in [-0.2, -0.15) is 0 Å². The number of Topliss-reactive ketones (excluding diaryl/α,β-unsaturated/α-hetero) is 1. The van der Waals surface area contributed by atoms with Gasteiger partial charge >= 0.3 is 0 Å². The van der Waals surface area contributed by atoms with Crippen LogP contribution in [-0.4, -0.2) is 22.0 Å². The van der Waals surface area contributed by atoms with Gasteiger partial charge in [0.05, 0.1) is 11.6 Å². The predicted molar refractivity (Wildman–Crippen MR) is 95.3 cm³/mol. The van der Waals surface area contributed by atoms with Gasteiger partial charge < -0.3 is 14.0 Å². The third-order valence-electron chi connectivity index (χ3n) is 4.47. The van der Waals surface area contributed by atoms with Crippen molar-refractivity contribution in [1.29, 1.82) is 0 Å². The second kappa shape index (κ2) is 6.49. The standard InChI is InChI=1S/C20H15FN2O5/c1-10-3-8-14(27-10)18(24)16-17(12-4-6-13(21)7-5-12)23(20(26)19(16)25)15-9-11(2)28-22-15/h3-9,17,25H,1-2H3. The van der Waals surface area contributed by atoms with E-state index >= 15 is 0 Å². The molecule has 1 atom stereocenters. The first-order valence-electron chi connectivity index (χ1n) is 8.43. The molecule has 1 aliphatic rings. The Labute approximate surface area is 158 Å². The quantitative estimate of drug-likeness (QED) is 0.690. The largest absolute Gasteiger partial charge is 0.503 e. The van der Waals surface area contributed by atoms with Gasteiger partial charge in [0, 0.05) is 6.07 Å². The van der Waals surface area contributed by atoms with Crippen LogP contribution in [-0.2, 0) is 4.79 Å². The average Bonchev–Trinajstić information content (AvgIpc) is 3.35. The summed E-state index contributed by atoms with van der Waals surface area (Å²) in [6.07, 6.45) is 0. The van der Waals surface area contributed by atoms with Crippen LogP contribution in [0.1, 0.15) is 33.7 Å². The first-order chi connectivity index (χ1) is 13.4. The summed E-state index contributed by atoms with van der Waals surface area (Å²) in [5, 5.41) is 14.3. The maximum atomic E-state index is 13.4. The van der Waals surface area contributed by atoms with Crippen molar-refractivity contribution in [2.24, 2.45) is 0 Å². The first kappa shape index (κ1) is 17.7. The Morgan fingerprint density at radius 2 is 1.86 bits per heavy atom. The van der Waals surface area contributed by atoms with Crippen LogP contribution in [0.5, 0.6) is 0 Å². The number of aliphatic hydroxyl groups is 1. The van der Waals surface area contributed by atoms with Crippen molar-refractivity contribution in [3.63, 3.8) is 0 Å². The molecule has 0 radical (unpaired) electrons. The molecule has 2 aromatic heterocycles. The average molecular weight is 382 g/mol. The summed E-state index contributed by atoms with van der Waals surface area (Å²) in [7, 11) is 0. The van der Waals surface area contributed by atoms with Crippen molar-refractivity contribution in [3.8, 4) is 0 Å². The molecule has 4 rings (SSSR count). The monoisotopic (exact) mass is 382 g/mol. The van der Waals surface area contributed by atoms with Crippen LogP contribution in [0, 0.1) is 19.7 Å². The van der Waals surface area contributed by atoms with E-state index in [1.807, 2.05) is 0 Å². The zero-order valence-electron chi connectivity index (χ0n) is 15.0. The van der Waals surface area contributed by atoms with Crippen molar-refractivity contribution < 1.29 is 28.0 Å². The Kier molecular flexibility index (Phi) is 4.11. The molecule has 0 saturated heterocycles. The van der Waals surface area contributed by atoms with Gasteiger partial charge in [0.15, 0.2) is 17.3 Å². The minimum atomic E-state index is -1.02. The van der Waals surface area contributed by atoms with E-state index in [2.05, 4.69) is 5.16 Å². The van der Waals surface area contributed by atoms with Crippen LogP contribution in [0.15, 0.2) is 62.7 Å². The van der Waals surface area contributed by atoms with Gasteiger partial charge in [-0.05, 0) is 43.7 Å². The number of carbonyl (C=O) groups is 2. The van der Waals surface area contributed by atoms with Crippen molar-refractivity contribution in [3.05, 3.63) is 82.5 Å². The fraction of sp³-hybridized carbons (Fsp3) is 0.150. The zero-order chi connectivity index (χ0) is 20.0. The van der Waals surface area contributed by atoms with Gasteiger partial charge in [-0.3, -0.25) is 14.5 Å². The lowest BCUT2D eigenvalue weighted by molar-refractivity contribution is -0.117. The molecular weight excluding hydrogens is 367 g/mol. The van der Waals surface area contributed by atoms with Gasteiger partial charge in [0.2, 0.25) is 5.78 Å². The number of aromatic nitrogens is 1. The molecule has 0 aliphatic carbocycles. The van der Waals surface area contributed by atoms with Gasteiger partial charge in [-0.25, -0.2) is 4.39 Å². The van der Waals surface area contributed by atoms with Crippen LogP contribution in [0.4, 0.5) is 10.2 Å². The van der Waals surface area contributed by atoms with Crippen LogP contribution < -0.4 is 4.90 Å². The Hall–Kier alpha value is -3.68. The number of benzene rings is 1. The Bertz CT molecular complexity index is 1110. The van der Waals surface area contributed by atoms with Crippen molar-refractivity contribution in [1.82, 2.24) is 5.16 Å². The Morgan fingerprint density at radius 3 is 2.43 bits per heavy atom. The van der Waals surface area contributed by atoms with E-state index in [1.165, 1.54) is 36.4 Å². The molecule has 28 heavy (non-hydrogen) atoms. The molecule has 0 spiro atoms. The molecule has 0 bridgehead atoms. The van der Waals surface area contributed by atoms with Crippen LogP contribution in [0.2, 0.25) is 0 Å². The molecule has 8 heteroatoms. The van der Waals surface area contributed by atoms with E-state index in [9.17, 15) is 19.1 Å². The number of ketones is 1. The Balaban J connectivity index is 1.87. The Morgan fingerprint density at radius 1 is 1.14 bits per heavy atom. The number of halogens is 1. The second-order valence-electron chi connectivity index (χ2n) is 6.43. The van der Waals surface area contributed by atoms with Gasteiger partial charge in [-0.1, -0.05) is 17.3 Å². The number of amides is 1. The second-order valence-corrected chi connectivity index (χ2v) is 6.43. The molecule has 1 amide bonds. The number of aliphatic hydroxyl groups excluding tert-OH is 1. The van der Waals surface area contributed by atoms with Crippen molar-refractivity contribution >= 4 is 17.5 Å². The number of hydrogen-bond donors (Lipinski definition) is 1. The van der Waals surface area contributed by atoms with Crippen molar-refractivity contribution in [2.45, 2.75) is 19.9 Å². The van der Waals surface area contributed by atoms with Gasteiger partial charge in [0.25, 0.3) is 5.91 Å². The highest BCUT2D eigenvalue weighted by atomic mass is 19.1. The first-order valence-corrected chi connectivity index (χ1v) is 8.43. The topological polar surface area (TPSA) is 96.8 Å². The number of anilines is 1. The van der Waals surface area contributed by atoms with E-state index in [-0.39, 0.29) is 17.2 Å². The predicted octanol–water partition coefficient (Wildman–Crippen LogP) is 3.81. The third-order valence-corrected chi connectivity index (χ3v) is 4.47. The van der Waals surface area contributed by atoms with Crippen LogP contribution in [0.25, 0.3) is 0 Å². The number of aryl methyl sites for hydroxylation is 2. The van der Waals surface area contributed by atoms with Crippen molar-refractivity contribution in [2.75, 3.05) is 4.90 Å². The summed E-state index contributed by atoms with van der Waals surface area (Å²) in [5.41, 5.74) is 0.248. The maximum Gasteiger partial charge on any atom is 0.295 e. The van der Waals surface area contributed by atoms with E-state index in [1.54, 1.807) is 19.9 Å². The van der Waals surface area contributed by atoms with E-state index in [0.29, 0.717) is 17.1 Å². The number of rotatable bonds is 4. The normalized spacial score (nSPS) is 16.9. The summed E-state index contributed by atoms with van der Waals surface area (Å²) in [4.78, 5) is 27.0. The zero-order valence-corrected chi connectivity index (χ0v) is 15.0. The third kappa shape index (κ3) is 2.79. The summed E-state index contributed by atoms with van der Waals surface area (Å²) in [6.45, 7) is 3.32. The molecular formula is C20H15FN2O5. The highest BCUT2D eigenvalue weighted by molar-refractivity contribution is 6.19. The summed E-state index contributed by atoms with van der Waals surface area (Å²) in [6, 6.07) is 8.85. The highest BCUT2D eigenvalue weighted by Gasteiger charge is 2.46. The molecule has 1 aromatic carbocycles. The van der Waals surface area contributed by atoms with E-state index < -0.39 is 29.3 Å². The molecule has 3 aromatic rings. The number of furan rings is 1. The lowest BCUT2D eigenvalue weighted by Crippen LogP contribution is -2.31. The number of hydrogen-bond acceptors (Lipinski definition) is 6. The summed E-state index contributed by atoms with van der Waals surface area (Å²) in [5.74, 6) is -1.57. The molecule has 3 heterocycles. The summed E-state index contributed by atoms with van der Waals surface area (Å²) < 4.78 is 23.8. The van der Waals surface area contributed by atoms with Crippen LogP contribution >= 0.6 is 0 Å². The van der Waals surface area contributed by atoms with Crippen LogP contribution in [0.3, 0.4) is 0 Å². The molecule has 0 saturated carbocycles. The fourth-order valence-electron chi connectivity index (χ4n) is 3.19. The molecule has 1 N–H and O–H groups in total. The highest BCUT2D eigenvalue weighted by Crippen LogP contribution is 2.41. The smallest absolute Gasteiger partial charge is 0.295 e. The van der Waals surface area contributed by atoms with E-state index in [4.69, 9.17) is 8.94 Å². The minimum Gasteiger partial charge on any atom is -0.503 e. The molecule has 1 aliphatic heterocycles. The van der Waals surface area contributed by atoms with Gasteiger partial charge in [0.1, 0.15) is 17.3 Å². The molecule has 0 fully saturated rings. The fourth-order valence-corrected chi connectivity index (χ4v) is 3.19. The number of nitrogens with zero attached hydrogens (tertiary/aromatic N) is 2. The molecule has 1 unspecified atom stereocenters. The lowest BCUT2D eigenvalue weighted by atomic mass is 9.95. The minimum absolute atomic E-state index is 0.0165. The SMILES string of the molecule is Cc1cc(N2C(=O)C(O)=C(C(=O)c3ccc(C)o3)C2c2ccc(F)cc2)no1. The maximum absolute atomic E-state index is 13.4. The van der Waals surface area contributed by atoms with E-state index in [0.717, 1.165) is 4.90 Å². The molecule has 7 nitrogen and oxygen atoms in total.